The summed E-state index contributed by atoms with van der Waals surface area (Å²) in [6, 6.07) is 6.52. The number of nitrogens with one attached hydrogen (secondary N) is 1. The van der Waals surface area contributed by atoms with Crippen LogP contribution in [0.3, 0.4) is 0 Å². The second-order valence-corrected chi connectivity index (χ2v) is 4.57. The zero-order chi connectivity index (χ0) is 16.5. The average molecular weight is 319 g/mol. The third-order valence-electron chi connectivity index (χ3n) is 2.90. The van der Waals surface area contributed by atoms with Gasteiger partial charge in [0.15, 0.2) is 6.61 Å². The first-order valence-corrected chi connectivity index (χ1v) is 6.97. The van der Waals surface area contributed by atoms with Crippen LogP contribution in [-0.2, 0) is 14.3 Å². The highest BCUT2D eigenvalue weighted by molar-refractivity contribution is 5.91. The van der Waals surface area contributed by atoms with E-state index < -0.39 is 5.97 Å². The molecular weight excluding hydrogens is 302 g/mol. The van der Waals surface area contributed by atoms with Crippen molar-refractivity contribution in [1.82, 2.24) is 25.5 Å². The van der Waals surface area contributed by atoms with Crippen LogP contribution < -0.4 is 5.32 Å². The number of aromatic nitrogens is 4. The summed E-state index contributed by atoms with van der Waals surface area (Å²) in [4.78, 5) is 23.4. The predicted molar refractivity (Wildman–Crippen MR) is 78.9 cm³/mol. The fraction of sp³-hybridized carbons (Fsp3) is 0.357. The lowest BCUT2D eigenvalue weighted by Crippen LogP contribution is -2.30. The molecule has 9 heteroatoms. The van der Waals surface area contributed by atoms with Gasteiger partial charge in [0.1, 0.15) is 6.33 Å². The molecule has 0 bridgehead atoms. The first-order chi connectivity index (χ1) is 11.2. The highest BCUT2D eigenvalue weighted by Gasteiger charge is 2.10. The van der Waals surface area contributed by atoms with Crippen LogP contribution in [0, 0.1) is 0 Å². The van der Waals surface area contributed by atoms with Gasteiger partial charge in [0.2, 0.25) is 0 Å². The number of methoxy groups -OCH3 is 1. The van der Waals surface area contributed by atoms with Gasteiger partial charge in [0.25, 0.3) is 5.91 Å². The minimum absolute atomic E-state index is 0.319. The van der Waals surface area contributed by atoms with Crippen molar-refractivity contribution in [3.05, 3.63) is 36.2 Å². The van der Waals surface area contributed by atoms with Crippen molar-refractivity contribution in [2.24, 2.45) is 0 Å². The molecule has 0 fully saturated rings. The molecule has 0 aliphatic heterocycles. The number of rotatable bonds is 8. The molecule has 23 heavy (non-hydrogen) atoms. The zero-order valence-corrected chi connectivity index (χ0v) is 12.6. The maximum atomic E-state index is 11.9. The normalized spacial score (nSPS) is 10.3. The van der Waals surface area contributed by atoms with Gasteiger partial charge in [-0.3, -0.25) is 4.79 Å². The van der Waals surface area contributed by atoms with Crippen LogP contribution in [0.4, 0.5) is 0 Å². The van der Waals surface area contributed by atoms with Crippen LogP contribution in [-0.4, -0.2) is 59.0 Å². The van der Waals surface area contributed by atoms with Crippen molar-refractivity contribution in [3.8, 4) is 5.69 Å². The molecule has 0 aliphatic carbocycles. The van der Waals surface area contributed by atoms with E-state index in [-0.39, 0.29) is 12.5 Å². The SMILES string of the molecule is COCCCNC(=O)COC(=O)c1ccc(-n2cnnn2)cc1. The number of ether oxygens (including phenoxy) is 2. The maximum Gasteiger partial charge on any atom is 0.338 e. The second kappa shape index (κ2) is 8.59. The summed E-state index contributed by atoms with van der Waals surface area (Å²) in [6.45, 7) is 0.721. The van der Waals surface area contributed by atoms with Gasteiger partial charge in [-0.1, -0.05) is 0 Å². The van der Waals surface area contributed by atoms with E-state index in [2.05, 4.69) is 20.8 Å². The molecule has 1 amide bonds. The number of tetrazole rings is 1. The number of amides is 1. The van der Waals surface area contributed by atoms with E-state index in [0.29, 0.717) is 30.8 Å². The van der Waals surface area contributed by atoms with Gasteiger partial charge < -0.3 is 14.8 Å². The molecule has 122 valence electrons. The summed E-state index contributed by atoms with van der Waals surface area (Å²) in [5, 5.41) is 13.4. The molecule has 0 aliphatic rings. The van der Waals surface area contributed by atoms with Gasteiger partial charge in [0, 0.05) is 20.3 Å². The number of esters is 1. The number of carbonyl (C=O) groups is 2. The molecular formula is C14H17N5O4. The average Bonchev–Trinajstić information content (AvgIpc) is 3.11. The first-order valence-electron chi connectivity index (χ1n) is 6.97. The molecule has 0 spiro atoms. The van der Waals surface area contributed by atoms with Crippen LogP contribution in [0.5, 0.6) is 0 Å². The Morgan fingerprint density at radius 3 is 2.70 bits per heavy atom. The van der Waals surface area contributed by atoms with E-state index in [1.807, 2.05) is 0 Å². The fourth-order valence-electron chi connectivity index (χ4n) is 1.74. The monoisotopic (exact) mass is 319 g/mol. The first kappa shape index (κ1) is 16.6. The molecule has 0 atom stereocenters. The Balaban J connectivity index is 1.78. The quantitative estimate of drug-likeness (QED) is 0.537. The third kappa shape index (κ3) is 5.15. The topological polar surface area (TPSA) is 108 Å². The summed E-state index contributed by atoms with van der Waals surface area (Å²) < 4.78 is 11.3. The van der Waals surface area contributed by atoms with Crippen molar-refractivity contribution in [1.29, 1.82) is 0 Å². The molecule has 1 aromatic heterocycles. The molecule has 2 rings (SSSR count). The maximum absolute atomic E-state index is 11.9. The standard InChI is InChI=1S/C14H17N5O4/c1-22-8-2-7-15-13(20)9-23-14(21)11-3-5-12(6-4-11)19-10-16-17-18-19/h3-6,10H,2,7-9H2,1H3,(H,15,20). The molecule has 0 unspecified atom stereocenters. The van der Waals surface area contributed by atoms with Crippen LogP contribution in [0.2, 0.25) is 0 Å². The molecule has 1 aromatic carbocycles. The van der Waals surface area contributed by atoms with Gasteiger partial charge >= 0.3 is 5.97 Å². The molecule has 1 heterocycles. The van der Waals surface area contributed by atoms with E-state index in [1.54, 1.807) is 31.4 Å². The van der Waals surface area contributed by atoms with E-state index >= 15 is 0 Å². The summed E-state index contributed by atoms with van der Waals surface area (Å²) in [7, 11) is 1.59. The summed E-state index contributed by atoms with van der Waals surface area (Å²) >= 11 is 0. The number of nitrogens with zero attached hydrogens (tertiary/aromatic N) is 4. The van der Waals surface area contributed by atoms with Crippen molar-refractivity contribution < 1.29 is 19.1 Å². The predicted octanol–water partition coefficient (Wildman–Crippen LogP) is -0.0282. The molecule has 1 N–H and O–H groups in total. The summed E-state index contributed by atoms with van der Waals surface area (Å²) in [6.07, 6.45) is 2.15. The van der Waals surface area contributed by atoms with Crippen molar-refractivity contribution in [2.75, 3.05) is 26.9 Å². The highest BCUT2D eigenvalue weighted by Crippen LogP contribution is 2.08. The minimum atomic E-state index is -0.569. The van der Waals surface area contributed by atoms with Crippen LogP contribution in [0.25, 0.3) is 5.69 Å². The smallest absolute Gasteiger partial charge is 0.338 e. The summed E-state index contributed by atoms with van der Waals surface area (Å²) in [5.41, 5.74) is 1.05. The molecule has 0 saturated heterocycles. The molecule has 0 saturated carbocycles. The van der Waals surface area contributed by atoms with Gasteiger partial charge in [-0.25, -0.2) is 9.48 Å². The third-order valence-corrected chi connectivity index (χ3v) is 2.90. The minimum Gasteiger partial charge on any atom is -0.452 e. The largest absolute Gasteiger partial charge is 0.452 e. The number of hydrogen-bond donors (Lipinski definition) is 1. The Morgan fingerprint density at radius 1 is 1.26 bits per heavy atom. The van der Waals surface area contributed by atoms with Crippen LogP contribution in [0.15, 0.2) is 30.6 Å². The van der Waals surface area contributed by atoms with Gasteiger partial charge in [-0.2, -0.15) is 0 Å². The Kier molecular flexibility index (Phi) is 6.18. The van der Waals surface area contributed by atoms with Crippen molar-refractivity contribution >= 4 is 11.9 Å². The molecule has 9 nitrogen and oxygen atoms in total. The van der Waals surface area contributed by atoms with E-state index in [0.717, 1.165) is 0 Å². The Bertz CT molecular complexity index is 627. The molecule has 0 radical (unpaired) electrons. The fourth-order valence-corrected chi connectivity index (χ4v) is 1.74. The van der Waals surface area contributed by atoms with E-state index in [1.165, 1.54) is 11.0 Å². The Morgan fingerprint density at radius 2 is 2.04 bits per heavy atom. The lowest BCUT2D eigenvalue weighted by Gasteiger charge is -2.07. The van der Waals surface area contributed by atoms with E-state index in [4.69, 9.17) is 9.47 Å². The number of hydrogen-bond acceptors (Lipinski definition) is 7. The lowest BCUT2D eigenvalue weighted by atomic mass is 10.2. The second-order valence-electron chi connectivity index (χ2n) is 4.57. The Hall–Kier alpha value is -2.81. The van der Waals surface area contributed by atoms with Crippen LogP contribution in [0.1, 0.15) is 16.8 Å². The van der Waals surface area contributed by atoms with Gasteiger partial charge in [-0.05, 0) is 41.1 Å². The zero-order valence-electron chi connectivity index (χ0n) is 12.6. The Labute approximate surface area is 132 Å². The summed E-state index contributed by atoms with van der Waals surface area (Å²) in [5.74, 6) is -0.917. The highest BCUT2D eigenvalue weighted by atomic mass is 16.5. The van der Waals surface area contributed by atoms with Gasteiger partial charge in [0.05, 0.1) is 11.3 Å². The van der Waals surface area contributed by atoms with Crippen molar-refractivity contribution in [2.45, 2.75) is 6.42 Å². The molecule has 2 aromatic rings. The van der Waals surface area contributed by atoms with Gasteiger partial charge in [-0.15, -0.1) is 5.10 Å². The number of carbonyl (C=O) groups excluding carboxylic acids is 2. The van der Waals surface area contributed by atoms with Crippen LogP contribution >= 0.6 is 0 Å². The van der Waals surface area contributed by atoms with E-state index in [9.17, 15) is 9.59 Å². The lowest BCUT2D eigenvalue weighted by molar-refractivity contribution is -0.124. The number of benzene rings is 1. The van der Waals surface area contributed by atoms with Crippen molar-refractivity contribution in [3.63, 3.8) is 0 Å².